The number of halogens is 1. The standard InChI is InChI=1S/C23H21FN2O5S/c1-26(17-10-11-32(29,30)14-17)22(27)13-31-23(28)19-12-21(15-6-8-16(24)9-7-15)25-20-5-3-2-4-18(19)20/h2-9,12,17H,10-11,13-14H2,1H3. The second-order valence-electron chi connectivity index (χ2n) is 7.72. The molecular weight excluding hydrogens is 435 g/mol. The molecule has 1 atom stereocenters. The molecule has 1 fully saturated rings. The average molecular weight is 456 g/mol. The van der Waals surface area contributed by atoms with E-state index in [-0.39, 0.29) is 22.9 Å². The summed E-state index contributed by atoms with van der Waals surface area (Å²) < 4.78 is 41.9. The minimum absolute atomic E-state index is 0.0459. The molecule has 32 heavy (non-hydrogen) atoms. The molecule has 1 aromatic heterocycles. The molecule has 2 aromatic carbocycles. The van der Waals surface area contributed by atoms with Crippen LogP contribution in [0.15, 0.2) is 54.6 Å². The lowest BCUT2D eigenvalue weighted by molar-refractivity contribution is -0.134. The molecule has 2 heterocycles. The Hall–Kier alpha value is -3.33. The summed E-state index contributed by atoms with van der Waals surface area (Å²) in [6.07, 6.45) is 0.370. The van der Waals surface area contributed by atoms with Crippen molar-refractivity contribution in [3.63, 3.8) is 0 Å². The molecular formula is C23H21FN2O5S. The van der Waals surface area contributed by atoms with Gasteiger partial charge in [-0.3, -0.25) is 4.79 Å². The molecule has 4 rings (SSSR count). The Morgan fingerprint density at radius 2 is 1.88 bits per heavy atom. The predicted molar refractivity (Wildman–Crippen MR) is 117 cm³/mol. The highest BCUT2D eigenvalue weighted by Gasteiger charge is 2.33. The van der Waals surface area contributed by atoms with E-state index in [2.05, 4.69) is 4.98 Å². The van der Waals surface area contributed by atoms with Crippen LogP contribution in [0.3, 0.4) is 0 Å². The fraction of sp³-hybridized carbons (Fsp3) is 0.261. The summed E-state index contributed by atoms with van der Waals surface area (Å²) in [4.78, 5) is 31.2. The topological polar surface area (TPSA) is 93.6 Å². The van der Waals surface area contributed by atoms with Crippen molar-refractivity contribution >= 4 is 32.6 Å². The van der Waals surface area contributed by atoms with Crippen molar-refractivity contribution in [3.8, 4) is 11.3 Å². The molecule has 0 N–H and O–H groups in total. The molecule has 1 amide bonds. The number of ether oxygens (including phenoxy) is 1. The van der Waals surface area contributed by atoms with Crippen molar-refractivity contribution in [2.24, 2.45) is 0 Å². The quantitative estimate of drug-likeness (QED) is 0.548. The molecule has 9 heteroatoms. The van der Waals surface area contributed by atoms with E-state index in [9.17, 15) is 22.4 Å². The van der Waals surface area contributed by atoms with Gasteiger partial charge in [0.1, 0.15) is 5.82 Å². The van der Waals surface area contributed by atoms with E-state index in [0.717, 1.165) is 0 Å². The van der Waals surface area contributed by atoms with Crippen molar-refractivity contribution in [1.29, 1.82) is 0 Å². The van der Waals surface area contributed by atoms with Gasteiger partial charge in [0, 0.05) is 24.0 Å². The molecule has 7 nitrogen and oxygen atoms in total. The Balaban J connectivity index is 1.55. The number of pyridine rings is 1. The van der Waals surface area contributed by atoms with E-state index in [1.54, 1.807) is 42.5 Å². The molecule has 1 saturated heterocycles. The van der Waals surface area contributed by atoms with Crippen molar-refractivity contribution in [3.05, 3.63) is 66.0 Å². The van der Waals surface area contributed by atoms with Gasteiger partial charge in [-0.2, -0.15) is 0 Å². The lowest BCUT2D eigenvalue weighted by atomic mass is 10.0. The number of para-hydroxylation sites is 1. The highest BCUT2D eigenvalue weighted by molar-refractivity contribution is 7.91. The van der Waals surface area contributed by atoms with Gasteiger partial charge in [-0.1, -0.05) is 18.2 Å². The molecule has 0 saturated carbocycles. The van der Waals surface area contributed by atoms with Crippen LogP contribution >= 0.6 is 0 Å². The third kappa shape index (κ3) is 4.62. The maximum absolute atomic E-state index is 13.3. The third-order valence-electron chi connectivity index (χ3n) is 5.55. The maximum Gasteiger partial charge on any atom is 0.339 e. The molecule has 1 aliphatic rings. The molecule has 1 unspecified atom stereocenters. The number of benzene rings is 2. The Labute approximate surface area is 184 Å². The summed E-state index contributed by atoms with van der Waals surface area (Å²) in [5.74, 6) is -1.60. The third-order valence-corrected chi connectivity index (χ3v) is 7.30. The Morgan fingerprint density at radius 3 is 2.56 bits per heavy atom. The monoisotopic (exact) mass is 456 g/mol. The summed E-state index contributed by atoms with van der Waals surface area (Å²) in [5.41, 5.74) is 1.88. The summed E-state index contributed by atoms with van der Waals surface area (Å²) in [6, 6.07) is 13.9. The Bertz CT molecular complexity index is 1290. The first-order valence-corrected chi connectivity index (χ1v) is 11.8. The lowest BCUT2D eigenvalue weighted by Gasteiger charge is -2.23. The van der Waals surface area contributed by atoms with Gasteiger partial charge >= 0.3 is 5.97 Å². The van der Waals surface area contributed by atoms with Gasteiger partial charge < -0.3 is 9.64 Å². The highest BCUT2D eigenvalue weighted by Crippen LogP contribution is 2.26. The van der Waals surface area contributed by atoms with Gasteiger partial charge in [0.2, 0.25) is 0 Å². The van der Waals surface area contributed by atoms with Crippen LogP contribution in [-0.4, -0.2) is 61.4 Å². The largest absolute Gasteiger partial charge is 0.452 e. The second-order valence-corrected chi connectivity index (χ2v) is 9.95. The van der Waals surface area contributed by atoms with E-state index in [1.807, 2.05) is 0 Å². The molecule has 0 spiro atoms. The number of carbonyl (C=O) groups is 2. The van der Waals surface area contributed by atoms with E-state index in [1.165, 1.54) is 24.1 Å². The lowest BCUT2D eigenvalue weighted by Crippen LogP contribution is -2.40. The first kappa shape index (κ1) is 21.9. The zero-order chi connectivity index (χ0) is 22.9. The van der Waals surface area contributed by atoms with Crippen molar-refractivity contribution in [2.45, 2.75) is 12.5 Å². The summed E-state index contributed by atoms with van der Waals surface area (Å²) >= 11 is 0. The number of sulfone groups is 1. The maximum atomic E-state index is 13.3. The van der Waals surface area contributed by atoms with Gasteiger partial charge in [0.15, 0.2) is 16.4 Å². The van der Waals surface area contributed by atoms with E-state index in [4.69, 9.17) is 4.74 Å². The van der Waals surface area contributed by atoms with E-state index in [0.29, 0.717) is 28.6 Å². The number of hydrogen-bond donors (Lipinski definition) is 0. The summed E-state index contributed by atoms with van der Waals surface area (Å²) in [6.45, 7) is -0.506. The smallest absolute Gasteiger partial charge is 0.339 e. The number of fused-ring (bicyclic) bond motifs is 1. The van der Waals surface area contributed by atoms with Crippen LogP contribution in [0.2, 0.25) is 0 Å². The molecule has 0 aliphatic carbocycles. The molecule has 1 aliphatic heterocycles. The Kier molecular flexibility index (Phi) is 5.92. The van der Waals surface area contributed by atoms with Crippen LogP contribution in [0.25, 0.3) is 22.2 Å². The fourth-order valence-electron chi connectivity index (χ4n) is 3.70. The normalized spacial score (nSPS) is 17.2. The van der Waals surface area contributed by atoms with Crippen molar-refractivity contribution in [1.82, 2.24) is 9.88 Å². The molecule has 0 radical (unpaired) electrons. The number of esters is 1. The molecule has 0 bridgehead atoms. The van der Waals surface area contributed by atoms with Gasteiger partial charge in [0.25, 0.3) is 5.91 Å². The minimum Gasteiger partial charge on any atom is -0.452 e. The number of nitrogens with zero attached hydrogens (tertiary/aromatic N) is 2. The molecule has 166 valence electrons. The predicted octanol–water partition coefficient (Wildman–Crippen LogP) is 2.84. The summed E-state index contributed by atoms with van der Waals surface area (Å²) in [5, 5.41) is 0.561. The number of likely N-dealkylation sites (N-methyl/N-ethyl adjacent to an activating group) is 1. The van der Waals surface area contributed by atoms with Crippen LogP contribution in [0, 0.1) is 5.82 Å². The first-order valence-electron chi connectivity index (χ1n) is 10.0. The van der Waals surface area contributed by atoms with Crippen LogP contribution in [0.4, 0.5) is 4.39 Å². The summed E-state index contributed by atoms with van der Waals surface area (Å²) in [7, 11) is -1.63. The van der Waals surface area contributed by atoms with Crippen LogP contribution in [-0.2, 0) is 19.4 Å². The van der Waals surface area contributed by atoms with E-state index >= 15 is 0 Å². The Morgan fingerprint density at radius 1 is 1.16 bits per heavy atom. The molecule has 3 aromatic rings. The van der Waals surface area contributed by atoms with Gasteiger partial charge in [-0.05, 0) is 42.8 Å². The number of carbonyl (C=O) groups excluding carboxylic acids is 2. The SMILES string of the molecule is CN(C(=O)COC(=O)c1cc(-c2ccc(F)cc2)nc2ccccc12)C1CCS(=O)(=O)C1. The fourth-order valence-corrected chi connectivity index (χ4v) is 5.48. The van der Waals surface area contributed by atoms with Crippen molar-refractivity contribution < 1.29 is 27.1 Å². The van der Waals surface area contributed by atoms with Gasteiger partial charge in [-0.25, -0.2) is 22.6 Å². The highest BCUT2D eigenvalue weighted by atomic mass is 32.2. The van der Waals surface area contributed by atoms with Gasteiger partial charge in [0.05, 0.1) is 28.3 Å². The van der Waals surface area contributed by atoms with Crippen LogP contribution in [0.5, 0.6) is 0 Å². The minimum atomic E-state index is -3.14. The zero-order valence-corrected chi connectivity index (χ0v) is 18.1. The average Bonchev–Trinajstić information content (AvgIpc) is 3.16. The van der Waals surface area contributed by atoms with Gasteiger partial charge in [-0.15, -0.1) is 0 Å². The first-order chi connectivity index (χ1) is 15.2. The van der Waals surface area contributed by atoms with Crippen LogP contribution < -0.4 is 0 Å². The van der Waals surface area contributed by atoms with E-state index < -0.39 is 34.4 Å². The van der Waals surface area contributed by atoms with Crippen molar-refractivity contribution in [2.75, 3.05) is 25.2 Å². The number of hydrogen-bond acceptors (Lipinski definition) is 6. The number of aromatic nitrogens is 1. The van der Waals surface area contributed by atoms with Crippen LogP contribution in [0.1, 0.15) is 16.8 Å². The second kappa shape index (κ2) is 8.66. The number of rotatable bonds is 5. The zero-order valence-electron chi connectivity index (χ0n) is 17.3. The number of amides is 1.